The molecule has 6 aromatic rings. The van der Waals surface area contributed by atoms with Crippen LogP contribution in [0, 0.1) is 0 Å². The van der Waals surface area contributed by atoms with Crippen molar-refractivity contribution in [1.29, 1.82) is 0 Å². The Balaban J connectivity index is 1.05. The minimum absolute atomic E-state index is 0.136. The third-order valence-corrected chi connectivity index (χ3v) is 21.1. The fourth-order valence-electron chi connectivity index (χ4n) is 17.0. The monoisotopic (exact) mass is 989 g/mol. The van der Waals surface area contributed by atoms with Gasteiger partial charge in [-0.1, -0.05) is 182 Å². The zero-order valence-corrected chi connectivity index (χ0v) is 45.6. The SMILES string of the molecule is c1ccc(-c2cc3c4c(c2)N(c2cc(C5CCCCC5)cc(C5CCCCC5)c2)c2cc(C5CCCCC5)ccc2B4c2ccc(C4CCCCC4)cc2N3c2cc(C3CCCCC3)cc(C3CCCCC3)c2)cc1. The fourth-order valence-corrected chi connectivity index (χ4v) is 17.0. The van der Waals surface area contributed by atoms with E-state index in [0.717, 1.165) is 0 Å². The van der Waals surface area contributed by atoms with Crippen LogP contribution < -0.4 is 26.2 Å². The summed E-state index contributed by atoms with van der Waals surface area (Å²) in [7, 11) is 0. The molecule has 3 heteroatoms. The van der Waals surface area contributed by atoms with Crippen molar-refractivity contribution >= 4 is 57.2 Å². The molecule has 386 valence electrons. The molecule has 0 aromatic heterocycles. The lowest BCUT2D eigenvalue weighted by Crippen LogP contribution is -2.61. The Morgan fingerprint density at radius 3 is 0.920 bits per heavy atom. The molecule has 2 heterocycles. The van der Waals surface area contributed by atoms with Crippen molar-refractivity contribution in [2.24, 2.45) is 0 Å². The largest absolute Gasteiger partial charge is 0.311 e. The molecule has 0 bridgehead atoms. The first-order chi connectivity index (χ1) is 37.2. The van der Waals surface area contributed by atoms with Crippen molar-refractivity contribution in [3.63, 3.8) is 0 Å². The summed E-state index contributed by atoms with van der Waals surface area (Å²) < 4.78 is 0. The molecule has 6 aromatic carbocycles. The highest BCUT2D eigenvalue weighted by Crippen LogP contribution is 2.51. The molecule has 0 atom stereocenters. The molecule has 75 heavy (non-hydrogen) atoms. The lowest BCUT2D eigenvalue weighted by Gasteiger charge is -2.45. The number of anilines is 6. The molecule has 0 spiro atoms. The zero-order chi connectivity index (χ0) is 49.7. The molecule has 0 N–H and O–H groups in total. The summed E-state index contributed by atoms with van der Waals surface area (Å²) in [5.74, 6) is 3.84. The summed E-state index contributed by atoms with van der Waals surface area (Å²) in [6, 6.07) is 49.2. The van der Waals surface area contributed by atoms with Crippen LogP contribution in [0.3, 0.4) is 0 Å². The van der Waals surface area contributed by atoms with Crippen LogP contribution >= 0.6 is 0 Å². The van der Waals surface area contributed by atoms with E-state index in [1.54, 1.807) is 33.4 Å². The number of benzene rings is 6. The number of rotatable bonds is 9. The van der Waals surface area contributed by atoms with E-state index in [0.29, 0.717) is 35.5 Å². The van der Waals surface area contributed by atoms with Crippen molar-refractivity contribution in [3.05, 3.63) is 149 Å². The van der Waals surface area contributed by atoms with Gasteiger partial charge in [0, 0.05) is 34.1 Å². The van der Waals surface area contributed by atoms with E-state index in [1.807, 2.05) is 0 Å². The maximum absolute atomic E-state index is 2.87. The fraction of sp³-hybridized carbons (Fsp3) is 0.500. The Morgan fingerprint density at radius 2 is 0.587 bits per heavy atom. The molecule has 6 aliphatic carbocycles. The van der Waals surface area contributed by atoms with Crippen LogP contribution in [0.2, 0.25) is 0 Å². The third-order valence-electron chi connectivity index (χ3n) is 21.1. The van der Waals surface area contributed by atoms with E-state index in [2.05, 4.69) is 125 Å². The first-order valence-electron chi connectivity index (χ1n) is 31.6. The molecule has 0 amide bonds. The second-order valence-electron chi connectivity index (χ2n) is 25.8. The Labute approximate surface area is 452 Å². The summed E-state index contributed by atoms with van der Waals surface area (Å²) >= 11 is 0. The standard InChI is InChI=1S/C72H85BN2/c1-8-22-50(23-9-1)57-36-38-66-68(46-57)74(64-42-59(52-26-12-3-13-27-52)40-60(43-64)53-28-14-4-15-29-53)70-48-63(56-34-20-7-21-35-56)49-71-72(70)73(66)67-39-37-58(51-24-10-2-11-25-51)47-69(67)75(71)65-44-61(54-30-16-5-17-31-54)41-62(45-65)55-32-18-6-19-33-55/h7,20-21,34-55H,1-6,8-19,22-33H2. The molecule has 0 radical (unpaired) electrons. The molecule has 0 unspecified atom stereocenters. The second kappa shape index (κ2) is 21.4. The van der Waals surface area contributed by atoms with Crippen LogP contribution in [0.1, 0.15) is 262 Å². The quantitative estimate of drug-likeness (QED) is 0.133. The Bertz CT molecular complexity index is 2720. The number of nitrogens with zero attached hydrogens (tertiary/aromatic N) is 2. The van der Waals surface area contributed by atoms with Crippen LogP contribution in [-0.4, -0.2) is 6.71 Å². The van der Waals surface area contributed by atoms with Gasteiger partial charge in [0.2, 0.25) is 0 Å². The minimum atomic E-state index is 0.136. The summed E-state index contributed by atoms with van der Waals surface area (Å²) in [6.45, 7) is 0.136. The maximum Gasteiger partial charge on any atom is 0.252 e. The third kappa shape index (κ3) is 9.45. The van der Waals surface area contributed by atoms with Gasteiger partial charge in [0.1, 0.15) is 0 Å². The van der Waals surface area contributed by atoms with Gasteiger partial charge < -0.3 is 9.80 Å². The van der Waals surface area contributed by atoms with Crippen LogP contribution in [0.15, 0.2) is 115 Å². The summed E-state index contributed by atoms with van der Waals surface area (Å²) in [5.41, 5.74) is 25.3. The summed E-state index contributed by atoms with van der Waals surface area (Å²) in [6.07, 6.45) is 40.5. The van der Waals surface area contributed by atoms with E-state index < -0.39 is 0 Å². The van der Waals surface area contributed by atoms with Gasteiger partial charge in [-0.05, 0) is 222 Å². The first kappa shape index (κ1) is 48.4. The lowest BCUT2D eigenvalue weighted by atomic mass is 9.33. The van der Waals surface area contributed by atoms with E-state index >= 15 is 0 Å². The normalized spacial score (nSPS) is 21.5. The van der Waals surface area contributed by atoms with Gasteiger partial charge in [-0.25, -0.2) is 0 Å². The molecule has 8 aliphatic rings. The highest BCUT2D eigenvalue weighted by atomic mass is 15.2. The number of fused-ring (bicyclic) bond motifs is 4. The average molecular weight is 989 g/mol. The molecule has 6 saturated carbocycles. The Hall–Kier alpha value is -5.02. The molecular weight excluding hydrogens is 904 g/mol. The summed E-state index contributed by atoms with van der Waals surface area (Å²) in [5, 5.41) is 0. The van der Waals surface area contributed by atoms with Gasteiger partial charge in [-0.3, -0.25) is 0 Å². The van der Waals surface area contributed by atoms with Crippen LogP contribution in [0.4, 0.5) is 34.1 Å². The first-order valence-corrected chi connectivity index (χ1v) is 31.6. The second-order valence-corrected chi connectivity index (χ2v) is 25.8. The molecule has 2 nitrogen and oxygen atoms in total. The molecular formula is C72H85BN2. The molecule has 14 rings (SSSR count). The van der Waals surface area contributed by atoms with Gasteiger partial charge >= 0.3 is 0 Å². The van der Waals surface area contributed by atoms with E-state index in [4.69, 9.17) is 0 Å². The summed E-state index contributed by atoms with van der Waals surface area (Å²) in [4.78, 5) is 5.74. The van der Waals surface area contributed by atoms with Crippen molar-refractivity contribution in [3.8, 4) is 11.1 Å². The zero-order valence-electron chi connectivity index (χ0n) is 45.6. The van der Waals surface area contributed by atoms with Crippen LogP contribution in [0.5, 0.6) is 0 Å². The van der Waals surface area contributed by atoms with Gasteiger partial charge in [0.05, 0.1) is 0 Å². The lowest BCUT2D eigenvalue weighted by molar-refractivity contribution is 0.435. The number of hydrogen-bond donors (Lipinski definition) is 0. The van der Waals surface area contributed by atoms with Crippen LogP contribution in [-0.2, 0) is 0 Å². The van der Waals surface area contributed by atoms with Crippen molar-refractivity contribution in [2.75, 3.05) is 9.80 Å². The molecule has 6 fully saturated rings. The molecule has 0 saturated heterocycles. The number of hydrogen-bond acceptors (Lipinski definition) is 2. The average Bonchev–Trinajstić information content (AvgIpc) is 3.50. The minimum Gasteiger partial charge on any atom is -0.311 e. The van der Waals surface area contributed by atoms with Gasteiger partial charge in [0.25, 0.3) is 6.71 Å². The van der Waals surface area contributed by atoms with Crippen molar-refractivity contribution in [1.82, 2.24) is 0 Å². The maximum atomic E-state index is 2.87. The topological polar surface area (TPSA) is 6.48 Å². The van der Waals surface area contributed by atoms with Gasteiger partial charge in [0.15, 0.2) is 0 Å². The predicted octanol–water partition coefficient (Wildman–Crippen LogP) is 19.7. The van der Waals surface area contributed by atoms with Gasteiger partial charge in [-0.15, -0.1) is 0 Å². The van der Waals surface area contributed by atoms with E-state index in [1.165, 1.54) is 254 Å². The highest BCUT2D eigenvalue weighted by molar-refractivity contribution is 7.00. The van der Waals surface area contributed by atoms with Crippen molar-refractivity contribution in [2.45, 2.75) is 228 Å². The predicted molar refractivity (Wildman–Crippen MR) is 321 cm³/mol. The van der Waals surface area contributed by atoms with Gasteiger partial charge in [-0.2, -0.15) is 0 Å². The molecule has 2 aliphatic heterocycles. The van der Waals surface area contributed by atoms with E-state index in [9.17, 15) is 0 Å². The highest BCUT2D eigenvalue weighted by Gasteiger charge is 2.45. The smallest absolute Gasteiger partial charge is 0.252 e. The van der Waals surface area contributed by atoms with Crippen molar-refractivity contribution < 1.29 is 0 Å². The van der Waals surface area contributed by atoms with Crippen LogP contribution in [0.25, 0.3) is 11.1 Å². The van der Waals surface area contributed by atoms with E-state index in [-0.39, 0.29) is 6.71 Å². The Morgan fingerprint density at radius 1 is 0.267 bits per heavy atom. The Kier molecular flexibility index (Phi) is 13.8.